The third kappa shape index (κ3) is 2.85. The normalized spacial score (nSPS) is 10.3. The van der Waals surface area contributed by atoms with Gasteiger partial charge in [0, 0.05) is 25.3 Å². The number of nitrogens with two attached hydrogens (primary N) is 1. The van der Waals surface area contributed by atoms with Gasteiger partial charge in [-0.05, 0) is 29.8 Å². The zero-order chi connectivity index (χ0) is 13.8. The second-order valence-electron chi connectivity index (χ2n) is 4.25. The van der Waals surface area contributed by atoms with Crippen molar-refractivity contribution < 1.29 is 9.13 Å². The number of methoxy groups -OCH3 is 1. The fourth-order valence-electron chi connectivity index (χ4n) is 1.96. The molecular formula is C15H17FN2O. The molecule has 0 bridgehead atoms. The zero-order valence-electron chi connectivity index (χ0n) is 11.1. The van der Waals surface area contributed by atoms with Gasteiger partial charge in [-0.25, -0.2) is 4.39 Å². The molecule has 0 aliphatic carbocycles. The molecule has 0 aliphatic heterocycles. The quantitative estimate of drug-likeness (QED) is 0.918. The second kappa shape index (κ2) is 5.71. The molecule has 0 aromatic heterocycles. The first-order chi connectivity index (χ1) is 9.15. The van der Waals surface area contributed by atoms with Crippen LogP contribution in [0.4, 0.5) is 15.8 Å². The van der Waals surface area contributed by atoms with Gasteiger partial charge in [0.25, 0.3) is 0 Å². The van der Waals surface area contributed by atoms with Gasteiger partial charge in [0.15, 0.2) is 0 Å². The highest BCUT2D eigenvalue weighted by Crippen LogP contribution is 2.33. The van der Waals surface area contributed by atoms with Crippen molar-refractivity contribution in [2.75, 3.05) is 19.1 Å². The molecule has 0 amide bonds. The lowest BCUT2D eigenvalue weighted by Crippen LogP contribution is -2.11. The molecule has 0 atom stereocenters. The first-order valence-corrected chi connectivity index (χ1v) is 6.02. The molecule has 3 nitrogen and oxygen atoms in total. The van der Waals surface area contributed by atoms with Gasteiger partial charge in [0.2, 0.25) is 0 Å². The number of halogens is 1. The highest BCUT2D eigenvalue weighted by molar-refractivity contribution is 5.69. The van der Waals surface area contributed by atoms with Gasteiger partial charge in [0.05, 0.1) is 12.8 Å². The van der Waals surface area contributed by atoms with Gasteiger partial charge in [0.1, 0.15) is 11.6 Å². The van der Waals surface area contributed by atoms with E-state index in [-0.39, 0.29) is 5.82 Å². The van der Waals surface area contributed by atoms with E-state index in [0.717, 1.165) is 11.3 Å². The summed E-state index contributed by atoms with van der Waals surface area (Å²) < 4.78 is 18.7. The van der Waals surface area contributed by atoms with Crippen LogP contribution in [0, 0.1) is 5.82 Å². The minimum absolute atomic E-state index is 0.294. The third-order valence-corrected chi connectivity index (χ3v) is 3.04. The van der Waals surface area contributed by atoms with Gasteiger partial charge in [-0.15, -0.1) is 0 Å². The lowest BCUT2D eigenvalue weighted by molar-refractivity contribution is 0.414. The van der Waals surface area contributed by atoms with Crippen LogP contribution in [0.5, 0.6) is 5.75 Å². The second-order valence-corrected chi connectivity index (χ2v) is 4.25. The van der Waals surface area contributed by atoms with Crippen LogP contribution in [0.2, 0.25) is 0 Å². The number of hydrogen-bond acceptors (Lipinski definition) is 3. The highest BCUT2D eigenvalue weighted by atomic mass is 19.1. The summed E-state index contributed by atoms with van der Waals surface area (Å²) in [6.07, 6.45) is 0. The maximum absolute atomic E-state index is 13.4. The summed E-state index contributed by atoms with van der Waals surface area (Å²) in [5.74, 6) is 0.333. The fourth-order valence-corrected chi connectivity index (χ4v) is 1.96. The molecule has 2 aromatic carbocycles. The average molecular weight is 260 g/mol. The molecule has 4 heteroatoms. The largest absolute Gasteiger partial charge is 0.495 e. The molecular weight excluding hydrogens is 243 g/mol. The van der Waals surface area contributed by atoms with Crippen LogP contribution in [-0.2, 0) is 6.54 Å². The SMILES string of the molecule is COc1ccc(F)cc1N(C)c1cccc(CN)c1. The molecule has 0 aliphatic rings. The molecule has 0 heterocycles. The van der Waals surface area contributed by atoms with E-state index in [2.05, 4.69) is 0 Å². The van der Waals surface area contributed by atoms with Crippen molar-refractivity contribution in [3.63, 3.8) is 0 Å². The Morgan fingerprint density at radius 3 is 2.68 bits per heavy atom. The Labute approximate surface area is 112 Å². The summed E-state index contributed by atoms with van der Waals surface area (Å²) in [4.78, 5) is 1.88. The van der Waals surface area contributed by atoms with E-state index in [0.29, 0.717) is 18.0 Å². The molecule has 2 aromatic rings. The lowest BCUT2D eigenvalue weighted by Gasteiger charge is -2.22. The topological polar surface area (TPSA) is 38.5 Å². The monoisotopic (exact) mass is 260 g/mol. The van der Waals surface area contributed by atoms with Crippen LogP contribution in [0.15, 0.2) is 42.5 Å². The predicted molar refractivity (Wildman–Crippen MR) is 75.3 cm³/mol. The summed E-state index contributed by atoms with van der Waals surface area (Å²) in [6.45, 7) is 0.474. The molecule has 19 heavy (non-hydrogen) atoms. The number of nitrogens with zero attached hydrogens (tertiary/aromatic N) is 1. The van der Waals surface area contributed by atoms with Gasteiger partial charge in [-0.2, -0.15) is 0 Å². The van der Waals surface area contributed by atoms with Crippen LogP contribution in [-0.4, -0.2) is 14.2 Å². The number of anilines is 2. The number of rotatable bonds is 4. The van der Waals surface area contributed by atoms with Crippen LogP contribution < -0.4 is 15.4 Å². The van der Waals surface area contributed by atoms with Crippen LogP contribution in [0.1, 0.15) is 5.56 Å². The smallest absolute Gasteiger partial charge is 0.142 e. The molecule has 0 saturated heterocycles. The maximum atomic E-state index is 13.4. The molecule has 0 unspecified atom stereocenters. The van der Waals surface area contributed by atoms with Gasteiger partial charge < -0.3 is 15.4 Å². The third-order valence-electron chi connectivity index (χ3n) is 3.04. The molecule has 0 fully saturated rings. The van der Waals surface area contributed by atoms with E-state index in [1.807, 2.05) is 36.2 Å². The Morgan fingerprint density at radius 1 is 1.21 bits per heavy atom. The summed E-state index contributed by atoms with van der Waals surface area (Å²) in [5, 5.41) is 0. The maximum Gasteiger partial charge on any atom is 0.142 e. The minimum atomic E-state index is -0.294. The molecule has 2 N–H and O–H groups in total. The number of ether oxygens (including phenoxy) is 1. The van der Waals surface area contributed by atoms with Crippen LogP contribution in [0.25, 0.3) is 0 Å². The lowest BCUT2D eigenvalue weighted by atomic mass is 10.1. The average Bonchev–Trinajstić information content (AvgIpc) is 2.46. The van der Waals surface area contributed by atoms with Crippen LogP contribution >= 0.6 is 0 Å². The van der Waals surface area contributed by atoms with E-state index in [4.69, 9.17) is 10.5 Å². The van der Waals surface area contributed by atoms with Gasteiger partial charge in [-0.3, -0.25) is 0 Å². The van der Waals surface area contributed by atoms with E-state index in [1.54, 1.807) is 13.2 Å². The van der Waals surface area contributed by atoms with E-state index in [1.165, 1.54) is 12.1 Å². The standard InChI is InChI=1S/C15H17FN2O/c1-18(13-5-3-4-11(8-13)10-17)14-9-12(16)6-7-15(14)19-2/h3-9H,10,17H2,1-2H3. The summed E-state index contributed by atoms with van der Waals surface area (Å²) in [6, 6.07) is 12.3. The van der Waals surface area contributed by atoms with Gasteiger partial charge >= 0.3 is 0 Å². The Morgan fingerprint density at radius 2 is 2.00 bits per heavy atom. The van der Waals surface area contributed by atoms with Crippen LogP contribution in [0.3, 0.4) is 0 Å². The van der Waals surface area contributed by atoms with Crippen molar-refractivity contribution in [3.8, 4) is 5.75 Å². The number of benzene rings is 2. The predicted octanol–water partition coefficient (Wildman–Crippen LogP) is 3.06. The van der Waals surface area contributed by atoms with E-state index >= 15 is 0 Å². The summed E-state index contributed by atoms with van der Waals surface area (Å²) in [5.41, 5.74) is 8.28. The molecule has 0 radical (unpaired) electrons. The Hall–Kier alpha value is -2.07. The zero-order valence-corrected chi connectivity index (χ0v) is 11.1. The summed E-state index contributed by atoms with van der Waals surface area (Å²) >= 11 is 0. The molecule has 2 rings (SSSR count). The van der Waals surface area contributed by atoms with Gasteiger partial charge in [-0.1, -0.05) is 12.1 Å². The first-order valence-electron chi connectivity index (χ1n) is 6.02. The number of hydrogen-bond donors (Lipinski definition) is 1. The van der Waals surface area contributed by atoms with Crippen molar-refractivity contribution in [1.82, 2.24) is 0 Å². The Balaban J connectivity index is 2.42. The minimum Gasteiger partial charge on any atom is -0.495 e. The van der Waals surface area contributed by atoms with Crippen molar-refractivity contribution in [2.24, 2.45) is 5.73 Å². The summed E-state index contributed by atoms with van der Waals surface area (Å²) in [7, 11) is 3.44. The molecule has 0 saturated carbocycles. The van der Waals surface area contributed by atoms with Crippen molar-refractivity contribution in [3.05, 3.63) is 53.8 Å². The molecule has 0 spiro atoms. The van der Waals surface area contributed by atoms with Crippen molar-refractivity contribution >= 4 is 11.4 Å². The van der Waals surface area contributed by atoms with E-state index in [9.17, 15) is 4.39 Å². The van der Waals surface area contributed by atoms with Crippen molar-refractivity contribution in [2.45, 2.75) is 6.54 Å². The highest BCUT2D eigenvalue weighted by Gasteiger charge is 2.11. The van der Waals surface area contributed by atoms with Crippen molar-refractivity contribution in [1.29, 1.82) is 0 Å². The Bertz CT molecular complexity index is 572. The first kappa shape index (κ1) is 13.4. The van der Waals surface area contributed by atoms with E-state index < -0.39 is 0 Å². The Kier molecular flexibility index (Phi) is 4.02. The molecule has 100 valence electrons. The fraction of sp³-hybridized carbons (Fsp3) is 0.200.